The smallest absolute Gasteiger partial charge is 0.244 e. The van der Waals surface area contributed by atoms with Gasteiger partial charge < -0.3 is 4.74 Å². The number of thiophene rings is 1. The lowest BCUT2D eigenvalue weighted by molar-refractivity contribution is 0.0730. The zero-order valence-electron chi connectivity index (χ0n) is 9.48. The molecule has 0 amide bonds. The molecule has 1 saturated heterocycles. The highest BCUT2D eigenvalue weighted by Gasteiger charge is 2.28. The maximum Gasteiger partial charge on any atom is 0.244 e. The number of sulfonamides is 1. The fourth-order valence-electron chi connectivity index (χ4n) is 1.77. The molecule has 17 heavy (non-hydrogen) atoms. The zero-order valence-corrected chi connectivity index (χ0v) is 11.9. The van der Waals surface area contributed by atoms with Crippen molar-refractivity contribution in [3.8, 4) is 0 Å². The van der Waals surface area contributed by atoms with Crippen LogP contribution < -0.4 is 0 Å². The molecule has 0 aliphatic carbocycles. The maximum absolute atomic E-state index is 12.4. The lowest BCUT2D eigenvalue weighted by Crippen LogP contribution is -2.40. The molecule has 0 N–H and O–H groups in total. The van der Waals surface area contributed by atoms with E-state index < -0.39 is 10.0 Å². The van der Waals surface area contributed by atoms with Gasteiger partial charge in [0, 0.05) is 22.8 Å². The van der Waals surface area contributed by atoms with Gasteiger partial charge in [0.25, 0.3) is 0 Å². The summed E-state index contributed by atoms with van der Waals surface area (Å²) in [5.41, 5.74) is 0. The van der Waals surface area contributed by atoms with Crippen LogP contribution >= 0.6 is 22.9 Å². The fraction of sp³-hybridized carbons (Fsp3) is 0.600. The van der Waals surface area contributed by atoms with Gasteiger partial charge in [-0.05, 0) is 13.0 Å². The van der Waals surface area contributed by atoms with E-state index in [9.17, 15) is 8.42 Å². The van der Waals surface area contributed by atoms with Crippen LogP contribution in [0.25, 0.3) is 0 Å². The number of rotatable bonds is 3. The molecule has 1 fully saturated rings. The second-order valence-corrected chi connectivity index (χ2v) is 7.30. The standard InChI is InChI=1S/C10H14ClNO3S2/c1-8-10(6-9(7-11)16-8)17(13,14)12-2-4-15-5-3-12/h6H,2-5,7H2,1H3. The van der Waals surface area contributed by atoms with E-state index in [1.54, 1.807) is 6.07 Å². The van der Waals surface area contributed by atoms with E-state index in [2.05, 4.69) is 0 Å². The molecule has 0 saturated carbocycles. The van der Waals surface area contributed by atoms with Crippen molar-refractivity contribution in [3.63, 3.8) is 0 Å². The van der Waals surface area contributed by atoms with Crippen molar-refractivity contribution in [3.05, 3.63) is 15.8 Å². The summed E-state index contributed by atoms with van der Waals surface area (Å²) in [7, 11) is -3.38. The second-order valence-electron chi connectivity index (χ2n) is 3.78. The number of halogens is 1. The summed E-state index contributed by atoms with van der Waals surface area (Å²) in [6.45, 7) is 3.59. The molecule has 0 unspecified atom stereocenters. The summed E-state index contributed by atoms with van der Waals surface area (Å²) in [6, 6.07) is 1.68. The van der Waals surface area contributed by atoms with E-state index in [0.29, 0.717) is 37.1 Å². The average molecular weight is 296 g/mol. The highest BCUT2D eigenvalue weighted by atomic mass is 35.5. The van der Waals surface area contributed by atoms with Crippen LogP contribution in [0, 0.1) is 6.92 Å². The van der Waals surface area contributed by atoms with E-state index in [1.807, 2.05) is 6.92 Å². The topological polar surface area (TPSA) is 46.6 Å². The first-order chi connectivity index (χ1) is 8.05. The Morgan fingerprint density at radius 3 is 2.65 bits per heavy atom. The molecule has 0 spiro atoms. The Bertz CT molecular complexity index is 492. The molecule has 1 aliphatic rings. The summed E-state index contributed by atoms with van der Waals surface area (Å²) in [4.78, 5) is 2.07. The Balaban J connectivity index is 2.33. The van der Waals surface area contributed by atoms with Crippen LogP contribution in [0.5, 0.6) is 0 Å². The van der Waals surface area contributed by atoms with E-state index in [-0.39, 0.29) is 0 Å². The van der Waals surface area contributed by atoms with Gasteiger partial charge in [-0.3, -0.25) is 0 Å². The SMILES string of the molecule is Cc1sc(CCl)cc1S(=O)(=O)N1CCOCC1. The van der Waals surface area contributed by atoms with Gasteiger partial charge >= 0.3 is 0 Å². The zero-order chi connectivity index (χ0) is 12.5. The summed E-state index contributed by atoms with van der Waals surface area (Å²) < 4.78 is 31.4. The Morgan fingerprint density at radius 2 is 2.12 bits per heavy atom. The van der Waals surface area contributed by atoms with Crippen molar-refractivity contribution in [2.45, 2.75) is 17.7 Å². The molecular formula is C10H14ClNO3S2. The first-order valence-corrected chi connectivity index (χ1v) is 8.08. The van der Waals surface area contributed by atoms with Crippen LogP contribution in [0.4, 0.5) is 0 Å². The van der Waals surface area contributed by atoms with Crippen LogP contribution in [-0.2, 0) is 20.6 Å². The highest BCUT2D eigenvalue weighted by Crippen LogP contribution is 2.29. The third-order valence-corrected chi connectivity index (χ3v) is 6.29. The van der Waals surface area contributed by atoms with Gasteiger partial charge in [0.15, 0.2) is 0 Å². The molecule has 1 aliphatic heterocycles. The minimum atomic E-state index is -3.38. The van der Waals surface area contributed by atoms with Crippen molar-refractivity contribution >= 4 is 33.0 Å². The molecule has 96 valence electrons. The van der Waals surface area contributed by atoms with Gasteiger partial charge in [-0.15, -0.1) is 22.9 Å². The second kappa shape index (κ2) is 5.24. The Kier molecular flexibility index (Phi) is 4.10. The van der Waals surface area contributed by atoms with Gasteiger partial charge in [-0.25, -0.2) is 8.42 Å². The van der Waals surface area contributed by atoms with Crippen molar-refractivity contribution in [1.82, 2.24) is 4.31 Å². The molecule has 0 aromatic carbocycles. The number of alkyl halides is 1. The molecule has 1 aromatic heterocycles. The monoisotopic (exact) mass is 295 g/mol. The summed E-state index contributed by atoms with van der Waals surface area (Å²) in [5.74, 6) is 0.351. The van der Waals surface area contributed by atoms with Gasteiger partial charge in [-0.2, -0.15) is 4.31 Å². The van der Waals surface area contributed by atoms with Crippen molar-refractivity contribution in [1.29, 1.82) is 0 Å². The number of morpholine rings is 1. The van der Waals surface area contributed by atoms with Gasteiger partial charge in [-0.1, -0.05) is 0 Å². The van der Waals surface area contributed by atoms with Crippen LogP contribution in [0.1, 0.15) is 9.75 Å². The quantitative estimate of drug-likeness (QED) is 0.799. The molecule has 0 bridgehead atoms. The first kappa shape index (κ1) is 13.3. The summed E-state index contributed by atoms with van der Waals surface area (Å²) >= 11 is 7.17. The van der Waals surface area contributed by atoms with E-state index in [0.717, 1.165) is 9.75 Å². The van der Waals surface area contributed by atoms with E-state index in [1.165, 1.54) is 15.6 Å². The normalized spacial score (nSPS) is 18.5. The number of ether oxygens (including phenoxy) is 1. The molecule has 0 atom stereocenters. The highest BCUT2D eigenvalue weighted by molar-refractivity contribution is 7.89. The van der Waals surface area contributed by atoms with Crippen molar-refractivity contribution in [2.24, 2.45) is 0 Å². The van der Waals surface area contributed by atoms with Crippen molar-refractivity contribution < 1.29 is 13.2 Å². The summed E-state index contributed by atoms with van der Waals surface area (Å²) in [6.07, 6.45) is 0. The average Bonchev–Trinajstić information content (AvgIpc) is 2.72. The molecular weight excluding hydrogens is 282 g/mol. The molecule has 2 rings (SSSR count). The molecule has 4 nitrogen and oxygen atoms in total. The summed E-state index contributed by atoms with van der Waals surface area (Å²) in [5, 5.41) is 0. The van der Waals surface area contributed by atoms with Crippen molar-refractivity contribution in [2.75, 3.05) is 26.3 Å². The Morgan fingerprint density at radius 1 is 1.47 bits per heavy atom. The number of aryl methyl sites for hydroxylation is 1. The maximum atomic E-state index is 12.4. The minimum absolute atomic E-state index is 0.351. The molecule has 2 heterocycles. The Hall–Kier alpha value is -0.140. The lowest BCUT2D eigenvalue weighted by Gasteiger charge is -2.25. The van der Waals surface area contributed by atoms with E-state index >= 15 is 0 Å². The predicted molar refractivity (Wildman–Crippen MR) is 68.2 cm³/mol. The number of hydrogen-bond donors (Lipinski definition) is 0. The van der Waals surface area contributed by atoms with Gasteiger partial charge in [0.2, 0.25) is 10.0 Å². The third kappa shape index (κ3) is 2.66. The molecule has 0 radical (unpaired) electrons. The largest absolute Gasteiger partial charge is 0.379 e. The Labute approximate surface area is 110 Å². The van der Waals surface area contributed by atoms with Crippen LogP contribution in [0.3, 0.4) is 0 Å². The predicted octanol–water partition coefficient (Wildman–Crippen LogP) is 1.82. The number of hydrogen-bond acceptors (Lipinski definition) is 4. The first-order valence-electron chi connectivity index (χ1n) is 5.29. The van der Waals surface area contributed by atoms with Crippen LogP contribution in [-0.4, -0.2) is 39.0 Å². The van der Waals surface area contributed by atoms with Gasteiger partial charge in [0.05, 0.1) is 24.0 Å². The fourth-order valence-corrected chi connectivity index (χ4v) is 4.88. The minimum Gasteiger partial charge on any atom is -0.379 e. The molecule has 7 heteroatoms. The van der Waals surface area contributed by atoms with Crippen LogP contribution in [0.2, 0.25) is 0 Å². The lowest BCUT2D eigenvalue weighted by atomic mass is 10.4. The third-order valence-electron chi connectivity index (χ3n) is 2.64. The number of nitrogens with zero attached hydrogens (tertiary/aromatic N) is 1. The van der Waals surface area contributed by atoms with Crippen LogP contribution in [0.15, 0.2) is 11.0 Å². The van der Waals surface area contributed by atoms with Gasteiger partial charge in [0.1, 0.15) is 0 Å². The van der Waals surface area contributed by atoms with E-state index in [4.69, 9.17) is 16.3 Å². The molecule has 1 aromatic rings.